The second kappa shape index (κ2) is 7.19. The van der Waals surface area contributed by atoms with E-state index in [4.69, 9.17) is 0 Å². The summed E-state index contributed by atoms with van der Waals surface area (Å²) in [4.78, 5) is 27.5. The van der Waals surface area contributed by atoms with Gasteiger partial charge in [-0.25, -0.2) is 0 Å². The molecule has 1 aromatic heterocycles. The number of carbonyl (C=O) groups is 2. The smallest absolute Gasteiger partial charge is 0.247 e. The van der Waals surface area contributed by atoms with Gasteiger partial charge in [0.05, 0.1) is 0 Å². The fourth-order valence-corrected chi connectivity index (χ4v) is 1.95. The molecule has 0 saturated heterocycles. The van der Waals surface area contributed by atoms with Gasteiger partial charge in [-0.1, -0.05) is 30.3 Å². The van der Waals surface area contributed by atoms with Crippen molar-refractivity contribution in [2.45, 2.75) is 19.5 Å². The minimum Gasteiger partial charge on any atom is -0.350 e. The number of pyridine rings is 1. The molecule has 0 aliphatic heterocycles. The Balaban J connectivity index is 2.06. The standard InChI is InChI=1S/C16H17N3O2/c1-12(20)19-15(14-7-9-17-10-8-14)16(21)18-11-13-5-3-2-4-6-13/h2-10,15H,11H2,1H3,(H,18,21)(H,19,20). The van der Waals surface area contributed by atoms with Gasteiger partial charge in [0.25, 0.3) is 0 Å². The van der Waals surface area contributed by atoms with Crippen molar-refractivity contribution in [2.75, 3.05) is 0 Å². The predicted octanol–water partition coefficient (Wildman–Crippen LogP) is 1.58. The number of aromatic nitrogens is 1. The van der Waals surface area contributed by atoms with E-state index in [1.54, 1.807) is 24.5 Å². The van der Waals surface area contributed by atoms with Crippen LogP contribution in [-0.4, -0.2) is 16.8 Å². The molecule has 5 heteroatoms. The summed E-state index contributed by atoms with van der Waals surface area (Å²) in [5.41, 5.74) is 1.70. The van der Waals surface area contributed by atoms with Gasteiger partial charge in [0.15, 0.2) is 0 Å². The van der Waals surface area contributed by atoms with Crippen molar-refractivity contribution >= 4 is 11.8 Å². The van der Waals surface area contributed by atoms with Crippen LogP contribution in [0.4, 0.5) is 0 Å². The number of amides is 2. The fourth-order valence-electron chi connectivity index (χ4n) is 1.95. The van der Waals surface area contributed by atoms with E-state index in [1.807, 2.05) is 30.3 Å². The third kappa shape index (κ3) is 4.42. The lowest BCUT2D eigenvalue weighted by Gasteiger charge is -2.17. The number of nitrogens with zero attached hydrogens (tertiary/aromatic N) is 1. The van der Waals surface area contributed by atoms with Crippen molar-refractivity contribution in [3.8, 4) is 0 Å². The Labute approximate surface area is 123 Å². The van der Waals surface area contributed by atoms with Gasteiger partial charge in [0.2, 0.25) is 11.8 Å². The first-order chi connectivity index (χ1) is 10.2. The summed E-state index contributed by atoms with van der Waals surface area (Å²) in [5.74, 6) is -0.507. The Morgan fingerprint density at radius 2 is 1.76 bits per heavy atom. The highest BCUT2D eigenvalue weighted by molar-refractivity contribution is 5.87. The zero-order chi connectivity index (χ0) is 15.1. The van der Waals surface area contributed by atoms with Gasteiger partial charge < -0.3 is 10.6 Å². The van der Waals surface area contributed by atoms with Crippen LogP contribution >= 0.6 is 0 Å². The minimum atomic E-state index is -0.714. The minimum absolute atomic E-state index is 0.250. The van der Waals surface area contributed by atoms with E-state index in [2.05, 4.69) is 15.6 Å². The summed E-state index contributed by atoms with van der Waals surface area (Å²) in [5, 5.41) is 5.48. The average molecular weight is 283 g/mol. The molecule has 1 aromatic carbocycles. The van der Waals surface area contributed by atoms with Crippen molar-refractivity contribution in [3.63, 3.8) is 0 Å². The number of nitrogens with one attached hydrogen (secondary N) is 2. The molecular formula is C16H17N3O2. The van der Waals surface area contributed by atoms with Crippen molar-refractivity contribution in [1.29, 1.82) is 0 Å². The lowest BCUT2D eigenvalue weighted by atomic mass is 10.1. The maximum absolute atomic E-state index is 12.3. The Morgan fingerprint density at radius 3 is 2.38 bits per heavy atom. The molecule has 5 nitrogen and oxygen atoms in total. The number of benzene rings is 1. The van der Waals surface area contributed by atoms with Gasteiger partial charge in [0.1, 0.15) is 6.04 Å². The SMILES string of the molecule is CC(=O)NC(C(=O)NCc1ccccc1)c1ccncc1. The molecule has 1 heterocycles. The monoisotopic (exact) mass is 283 g/mol. The van der Waals surface area contributed by atoms with Gasteiger partial charge in [-0.3, -0.25) is 14.6 Å². The molecule has 0 spiro atoms. The number of rotatable bonds is 5. The highest BCUT2D eigenvalue weighted by atomic mass is 16.2. The Bertz CT molecular complexity index is 599. The second-order valence-electron chi connectivity index (χ2n) is 4.62. The summed E-state index contributed by atoms with van der Waals surface area (Å²) in [6.07, 6.45) is 3.18. The molecule has 1 unspecified atom stereocenters. The summed E-state index contributed by atoms with van der Waals surface area (Å²) < 4.78 is 0. The van der Waals surface area contributed by atoms with Crippen LogP contribution in [0.1, 0.15) is 24.1 Å². The van der Waals surface area contributed by atoms with Crippen molar-refractivity contribution in [3.05, 3.63) is 66.0 Å². The molecule has 21 heavy (non-hydrogen) atoms. The molecule has 0 saturated carbocycles. The molecule has 0 bridgehead atoms. The van der Waals surface area contributed by atoms with E-state index in [-0.39, 0.29) is 11.8 Å². The molecular weight excluding hydrogens is 266 g/mol. The molecule has 1 atom stereocenters. The predicted molar refractivity (Wildman–Crippen MR) is 79.1 cm³/mol. The third-order valence-electron chi connectivity index (χ3n) is 2.96. The molecule has 2 amide bonds. The average Bonchev–Trinajstić information content (AvgIpc) is 2.52. The highest BCUT2D eigenvalue weighted by Crippen LogP contribution is 2.12. The maximum Gasteiger partial charge on any atom is 0.247 e. The molecule has 0 fully saturated rings. The highest BCUT2D eigenvalue weighted by Gasteiger charge is 2.20. The maximum atomic E-state index is 12.3. The lowest BCUT2D eigenvalue weighted by Crippen LogP contribution is -2.39. The zero-order valence-electron chi connectivity index (χ0n) is 11.7. The quantitative estimate of drug-likeness (QED) is 0.875. The summed E-state index contributed by atoms with van der Waals surface area (Å²) in [6, 6.07) is 12.3. The molecule has 2 rings (SSSR count). The van der Waals surface area contributed by atoms with Crippen LogP contribution in [0.5, 0.6) is 0 Å². The molecule has 2 aromatic rings. The molecule has 2 N–H and O–H groups in total. The van der Waals surface area contributed by atoms with Crippen LogP contribution in [0, 0.1) is 0 Å². The first-order valence-electron chi connectivity index (χ1n) is 6.65. The van der Waals surface area contributed by atoms with Gasteiger partial charge in [0, 0.05) is 25.9 Å². The van der Waals surface area contributed by atoms with Crippen LogP contribution in [-0.2, 0) is 16.1 Å². The largest absolute Gasteiger partial charge is 0.350 e. The Kier molecular flexibility index (Phi) is 5.04. The van der Waals surface area contributed by atoms with Crippen molar-refractivity contribution in [1.82, 2.24) is 15.6 Å². The Morgan fingerprint density at radius 1 is 1.10 bits per heavy atom. The number of hydrogen-bond acceptors (Lipinski definition) is 3. The van der Waals surface area contributed by atoms with Crippen LogP contribution in [0.15, 0.2) is 54.9 Å². The van der Waals surface area contributed by atoms with E-state index in [0.29, 0.717) is 12.1 Å². The molecule has 108 valence electrons. The fraction of sp³-hybridized carbons (Fsp3) is 0.188. The zero-order valence-corrected chi connectivity index (χ0v) is 11.7. The first-order valence-corrected chi connectivity index (χ1v) is 6.65. The van der Waals surface area contributed by atoms with Crippen LogP contribution in [0.25, 0.3) is 0 Å². The number of hydrogen-bond donors (Lipinski definition) is 2. The summed E-state index contributed by atoms with van der Waals surface area (Å²) >= 11 is 0. The first kappa shape index (κ1) is 14.7. The normalized spacial score (nSPS) is 11.5. The van der Waals surface area contributed by atoms with Crippen molar-refractivity contribution in [2.24, 2.45) is 0 Å². The number of carbonyl (C=O) groups excluding carboxylic acids is 2. The van der Waals surface area contributed by atoms with Gasteiger partial charge in [-0.15, -0.1) is 0 Å². The van der Waals surface area contributed by atoms with E-state index in [9.17, 15) is 9.59 Å². The van der Waals surface area contributed by atoms with Gasteiger partial charge >= 0.3 is 0 Å². The molecule has 0 aliphatic carbocycles. The van der Waals surface area contributed by atoms with E-state index >= 15 is 0 Å². The topological polar surface area (TPSA) is 71.1 Å². The van der Waals surface area contributed by atoms with Crippen LogP contribution < -0.4 is 10.6 Å². The Hall–Kier alpha value is -2.69. The summed E-state index contributed by atoms with van der Waals surface area (Å²) in [7, 11) is 0. The molecule has 0 radical (unpaired) electrons. The lowest BCUT2D eigenvalue weighted by molar-refractivity contribution is -0.128. The van der Waals surface area contributed by atoms with Crippen LogP contribution in [0.3, 0.4) is 0 Å². The molecule has 0 aliphatic rings. The van der Waals surface area contributed by atoms with E-state index < -0.39 is 6.04 Å². The van der Waals surface area contributed by atoms with E-state index in [1.165, 1.54) is 6.92 Å². The second-order valence-corrected chi connectivity index (χ2v) is 4.62. The van der Waals surface area contributed by atoms with Gasteiger partial charge in [-0.05, 0) is 23.3 Å². The van der Waals surface area contributed by atoms with Crippen molar-refractivity contribution < 1.29 is 9.59 Å². The van der Waals surface area contributed by atoms with Gasteiger partial charge in [-0.2, -0.15) is 0 Å². The third-order valence-corrected chi connectivity index (χ3v) is 2.96. The van der Waals surface area contributed by atoms with E-state index in [0.717, 1.165) is 5.56 Å². The van der Waals surface area contributed by atoms with Crippen LogP contribution in [0.2, 0.25) is 0 Å². The summed E-state index contributed by atoms with van der Waals surface area (Å²) in [6.45, 7) is 1.81.